The quantitative estimate of drug-likeness (QED) is 0.0124. The number of rotatable bonds is 38. The second-order valence-corrected chi connectivity index (χ2v) is 19.7. The molecule has 70 heavy (non-hydrogen) atoms. The van der Waals surface area contributed by atoms with Crippen molar-refractivity contribution in [2.24, 2.45) is 35.5 Å². The van der Waals surface area contributed by atoms with Crippen LogP contribution in [-0.2, 0) is 38.2 Å². The molecule has 16 nitrogen and oxygen atoms in total. The monoisotopic (exact) mass is 991 g/mol. The van der Waals surface area contributed by atoms with Crippen molar-refractivity contribution in [3.63, 3.8) is 0 Å². The van der Waals surface area contributed by atoms with Crippen molar-refractivity contribution in [2.75, 3.05) is 19.8 Å². The summed E-state index contributed by atoms with van der Waals surface area (Å²) in [7, 11) is 0. The number of hydrogen-bond acceptors (Lipinski definition) is 12. The standard InChI is InChI=1S/C54H86O16/c1-34(16-10-13-19-46(58)43(31-55)52(64)65)24-39(6)27-42(9)30-51(63)69-48(21-15-12-18-36(3)23-38(5)26-41(8)29-50(61)62)45(33-57)54(68)70-47(44(32-56)53(66)67)20-14-11-17-35(2)22-37(4)25-40(7)28-49(59)60/h25-30,34-36,43-48,55-58H,10-24,31-33H2,1-9H3,(H,59,60)(H,61,62)(H,64,65)(H,66,67)/b37-25+,38-26+,39-27+,40-28+,41-29+,42-30+/t34-,35-,36+,43+,44+,45-,46+,47+,48+/m1/s1. The molecule has 0 aliphatic rings. The van der Waals surface area contributed by atoms with Crippen LogP contribution in [0.4, 0.5) is 0 Å². The van der Waals surface area contributed by atoms with E-state index in [4.69, 9.17) is 24.8 Å². The molecule has 0 aromatic heterocycles. The molecule has 0 aliphatic carbocycles. The maximum absolute atomic E-state index is 13.9. The summed E-state index contributed by atoms with van der Waals surface area (Å²) in [6.07, 6.45) is 14.1. The van der Waals surface area contributed by atoms with Gasteiger partial charge in [-0.3, -0.25) is 14.4 Å². The molecule has 0 bridgehead atoms. The number of unbranched alkanes of at least 4 members (excludes halogenated alkanes) is 3. The fourth-order valence-corrected chi connectivity index (χ4v) is 8.89. The van der Waals surface area contributed by atoms with E-state index in [1.165, 1.54) is 6.08 Å². The van der Waals surface area contributed by atoms with Crippen LogP contribution < -0.4 is 0 Å². The average molecular weight is 991 g/mol. The molecule has 16 heteroatoms. The van der Waals surface area contributed by atoms with Gasteiger partial charge in [-0.1, -0.05) is 101 Å². The Kier molecular flexibility index (Phi) is 33.6. The molecule has 0 aromatic carbocycles. The van der Waals surface area contributed by atoms with Crippen LogP contribution in [0.15, 0.2) is 69.9 Å². The number of carbonyl (C=O) groups excluding carboxylic acids is 2. The van der Waals surface area contributed by atoms with Crippen LogP contribution in [-0.4, -0.2) is 115 Å². The van der Waals surface area contributed by atoms with E-state index in [2.05, 4.69) is 13.8 Å². The molecular weight excluding hydrogens is 905 g/mol. The molecule has 9 atom stereocenters. The van der Waals surface area contributed by atoms with Crippen LogP contribution in [0.3, 0.4) is 0 Å². The number of allylic oxidation sites excluding steroid dienone is 9. The number of hydrogen-bond donors (Lipinski definition) is 8. The van der Waals surface area contributed by atoms with Crippen molar-refractivity contribution >= 4 is 35.8 Å². The number of ether oxygens (including phenoxy) is 2. The van der Waals surface area contributed by atoms with Gasteiger partial charge in [0.1, 0.15) is 30.0 Å². The predicted octanol–water partition coefficient (Wildman–Crippen LogP) is 8.77. The summed E-state index contributed by atoms with van der Waals surface area (Å²) in [5.74, 6) is -9.74. The zero-order valence-electron chi connectivity index (χ0n) is 43.2. The first kappa shape index (κ1) is 65.1. The second-order valence-electron chi connectivity index (χ2n) is 19.7. The lowest BCUT2D eigenvalue weighted by Crippen LogP contribution is -2.41. The van der Waals surface area contributed by atoms with Crippen LogP contribution >= 0.6 is 0 Å². The van der Waals surface area contributed by atoms with Gasteiger partial charge in [0, 0.05) is 18.2 Å². The first-order chi connectivity index (χ1) is 32.8. The summed E-state index contributed by atoms with van der Waals surface area (Å²) in [6, 6.07) is 0. The fraction of sp³-hybridized carbons (Fsp3) is 0.667. The van der Waals surface area contributed by atoms with E-state index in [-0.39, 0.29) is 37.0 Å². The molecular formula is C54H86O16. The smallest absolute Gasteiger partial charge is 0.331 e. The van der Waals surface area contributed by atoms with E-state index >= 15 is 0 Å². The van der Waals surface area contributed by atoms with Gasteiger partial charge in [-0.2, -0.15) is 0 Å². The van der Waals surface area contributed by atoms with Gasteiger partial charge in [0.05, 0.1) is 25.9 Å². The number of esters is 2. The molecule has 0 rings (SSSR count). The summed E-state index contributed by atoms with van der Waals surface area (Å²) in [6.45, 7) is 14.9. The number of carboxylic acids is 4. The van der Waals surface area contributed by atoms with Crippen molar-refractivity contribution in [2.45, 2.75) is 177 Å². The summed E-state index contributed by atoms with van der Waals surface area (Å²) in [5.41, 5.74) is 4.81. The normalized spacial score (nSPS) is 17.1. The largest absolute Gasteiger partial charge is 0.481 e. The average Bonchev–Trinajstić information content (AvgIpc) is 3.21. The molecule has 0 unspecified atom stereocenters. The molecule has 8 N–H and O–H groups in total. The minimum atomic E-state index is -1.45. The highest BCUT2D eigenvalue weighted by atomic mass is 16.6. The van der Waals surface area contributed by atoms with Crippen molar-refractivity contribution in [3.05, 3.63) is 69.9 Å². The third-order valence-electron chi connectivity index (χ3n) is 12.2. The zero-order valence-corrected chi connectivity index (χ0v) is 43.2. The maximum atomic E-state index is 13.9. The summed E-state index contributed by atoms with van der Waals surface area (Å²) in [4.78, 5) is 72.9. The Morgan fingerprint density at radius 3 is 1.10 bits per heavy atom. The van der Waals surface area contributed by atoms with Gasteiger partial charge in [-0.15, -0.1) is 0 Å². The Bertz CT molecular complexity index is 1840. The Morgan fingerprint density at radius 2 is 0.757 bits per heavy atom. The highest BCUT2D eigenvalue weighted by molar-refractivity contribution is 5.84. The van der Waals surface area contributed by atoms with Crippen molar-refractivity contribution in [1.29, 1.82) is 0 Å². The van der Waals surface area contributed by atoms with Crippen LogP contribution in [0.1, 0.15) is 159 Å². The van der Waals surface area contributed by atoms with Gasteiger partial charge in [-0.25, -0.2) is 14.4 Å². The topological polar surface area (TPSA) is 283 Å². The molecule has 0 radical (unpaired) electrons. The van der Waals surface area contributed by atoms with Gasteiger partial charge in [0.15, 0.2) is 0 Å². The summed E-state index contributed by atoms with van der Waals surface area (Å²) in [5, 5.41) is 77.3. The molecule has 0 spiro atoms. The molecule has 0 aliphatic heterocycles. The highest BCUT2D eigenvalue weighted by Gasteiger charge is 2.37. The van der Waals surface area contributed by atoms with Crippen molar-refractivity contribution in [1.82, 2.24) is 0 Å². The van der Waals surface area contributed by atoms with E-state index in [1.807, 2.05) is 45.9 Å². The molecule has 0 aromatic rings. The molecule has 0 fully saturated rings. The number of aliphatic hydroxyl groups excluding tert-OH is 4. The second kappa shape index (κ2) is 36.1. The van der Waals surface area contributed by atoms with E-state index in [0.29, 0.717) is 68.1 Å². The highest BCUT2D eigenvalue weighted by Crippen LogP contribution is 2.27. The molecule has 0 amide bonds. The SMILES string of the molecule is CC(=C\C(=O)O)/C=C(\C)C[C@H](C)CCCC[C@H](OC(=O)[C@H](CO)[C@H](CCCC[C@H](C)C/C(C)=C/C(C)=C/C(=O)O)OC(=O)/C=C(C)/C=C(\C)C[C@H](C)CCCC[C@H](O)[C@H](CO)C(=O)O)[C@H](CO)C(=O)O. The summed E-state index contributed by atoms with van der Waals surface area (Å²) >= 11 is 0. The lowest BCUT2D eigenvalue weighted by atomic mass is 9.92. The molecule has 398 valence electrons. The van der Waals surface area contributed by atoms with Crippen LogP contribution in [0.25, 0.3) is 0 Å². The predicted molar refractivity (Wildman–Crippen MR) is 267 cm³/mol. The molecule has 0 saturated carbocycles. The Hall–Kier alpha value is -4.90. The van der Waals surface area contributed by atoms with Crippen LogP contribution in [0.2, 0.25) is 0 Å². The number of aliphatic hydroxyl groups is 4. The minimum Gasteiger partial charge on any atom is -0.481 e. The number of aliphatic carboxylic acids is 4. The van der Waals surface area contributed by atoms with Gasteiger partial charge < -0.3 is 50.3 Å². The first-order valence-corrected chi connectivity index (χ1v) is 24.7. The number of carboxylic acid groups (broad SMARTS) is 4. The van der Waals surface area contributed by atoms with E-state index in [0.717, 1.165) is 54.6 Å². The lowest BCUT2D eigenvalue weighted by Gasteiger charge is -2.28. The maximum Gasteiger partial charge on any atom is 0.331 e. The number of carbonyl (C=O) groups is 6. The third-order valence-corrected chi connectivity index (χ3v) is 12.2. The fourth-order valence-electron chi connectivity index (χ4n) is 8.89. The Labute approximate surface area is 415 Å². The zero-order chi connectivity index (χ0) is 53.5. The minimum absolute atomic E-state index is 0.110. The lowest BCUT2D eigenvalue weighted by molar-refractivity contribution is -0.172. The molecule has 0 heterocycles. The van der Waals surface area contributed by atoms with Gasteiger partial charge >= 0.3 is 35.8 Å². The van der Waals surface area contributed by atoms with Crippen molar-refractivity contribution < 1.29 is 79.1 Å². The van der Waals surface area contributed by atoms with Gasteiger partial charge in [-0.05, 0) is 127 Å². The van der Waals surface area contributed by atoms with Gasteiger partial charge in [0.2, 0.25) is 0 Å². The van der Waals surface area contributed by atoms with E-state index < -0.39 is 91.7 Å². The first-order valence-electron chi connectivity index (χ1n) is 24.7. The van der Waals surface area contributed by atoms with Gasteiger partial charge in [0.25, 0.3) is 0 Å². The van der Waals surface area contributed by atoms with E-state index in [9.17, 15) is 54.3 Å². The third kappa shape index (κ3) is 30.0. The van der Waals surface area contributed by atoms with Crippen molar-refractivity contribution in [3.8, 4) is 0 Å². The summed E-state index contributed by atoms with van der Waals surface area (Å²) < 4.78 is 11.7. The van der Waals surface area contributed by atoms with Crippen LogP contribution in [0.5, 0.6) is 0 Å². The Balaban J connectivity index is 6.17. The van der Waals surface area contributed by atoms with E-state index in [1.54, 1.807) is 20.8 Å². The van der Waals surface area contributed by atoms with Crippen LogP contribution in [0, 0.1) is 35.5 Å². The Morgan fingerprint density at radius 1 is 0.429 bits per heavy atom. The molecule has 0 saturated heterocycles.